The third-order valence-corrected chi connectivity index (χ3v) is 5.42. The van der Waals surface area contributed by atoms with E-state index in [1.54, 1.807) is 11.1 Å². The lowest BCUT2D eigenvalue weighted by Gasteiger charge is -2.16. The first-order valence-corrected chi connectivity index (χ1v) is 9.55. The largest absolute Gasteiger partial charge is 0.325 e. The molecule has 0 bridgehead atoms. The Labute approximate surface area is 150 Å². The van der Waals surface area contributed by atoms with Gasteiger partial charge in [0, 0.05) is 42.8 Å². The van der Waals surface area contributed by atoms with Gasteiger partial charge in [0.1, 0.15) is 0 Å². The van der Waals surface area contributed by atoms with E-state index in [0.29, 0.717) is 18.2 Å². The van der Waals surface area contributed by atoms with Crippen LogP contribution >= 0.6 is 11.8 Å². The number of carbonyl (C=O) groups is 2. The zero-order chi connectivity index (χ0) is 17.2. The molecule has 2 aliphatic rings. The summed E-state index contributed by atoms with van der Waals surface area (Å²) in [6.07, 6.45) is 7.69. The molecule has 2 aromatic rings. The van der Waals surface area contributed by atoms with E-state index in [-0.39, 0.29) is 11.8 Å². The number of thioether (sulfide) groups is 1. The first-order chi connectivity index (χ1) is 12.2. The summed E-state index contributed by atoms with van der Waals surface area (Å²) in [7, 11) is 0. The Bertz CT molecular complexity index is 783. The molecule has 0 spiro atoms. The average molecular weight is 356 g/mol. The van der Waals surface area contributed by atoms with Gasteiger partial charge in [-0.1, -0.05) is 11.8 Å². The van der Waals surface area contributed by atoms with Gasteiger partial charge in [-0.2, -0.15) is 0 Å². The number of hydrogen-bond donors (Lipinski definition) is 1. The standard InChI is InChI=1S/C18H20N4O2S/c23-16(12-25-18-19-9-11-22(18)15-7-8-15)20-13-3-5-14(6-4-13)21-10-1-2-17(21)24/h3-6,9,11,15H,1-2,7-8,10,12H2,(H,20,23). The molecule has 1 aliphatic heterocycles. The number of anilines is 2. The number of nitrogens with zero attached hydrogens (tertiary/aromatic N) is 3. The topological polar surface area (TPSA) is 67.2 Å². The summed E-state index contributed by atoms with van der Waals surface area (Å²) in [4.78, 5) is 30.0. The van der Waals surface area contributed by atoms with Crippen molar-refractivity contribution in [1.82, 2.24) is 9.55 Å². The van der Waals surface area contributed by atoms with Gasteiger partial charge in [0.05, 0.1) is 5.75 Å². The van der Waals surface area contributed by atoms with Crippen LogP contribution in [0.25, 0.3) is 0 Å². The predicted octanol–water partition coefficient (Wildman–Crippen LogP) is 3.08. The Balaban J connectivity index is 1.31. The predicted molar refractivity (Wildman–Crippen MR) is 97.9 cm³/mol. The number of aromatic nitrogens is 2. The fourth-order valence-electron chi connectivity index (χ4n) is 3.01. The number of benzene rings is 1. The number of imidazole rings is 1. The third kappa shape index (κ3) is 3.71. The quantitative estimate of drug-likeness (QED) is 0.808. The van der Waals surface area contributed by atoms with Gasteiger partial charge in [-0.3, -0.25) is 9.59 Å². The van der Waals surface area contributed by atoms with Gasteiger partial charge in [-0.25, -0.2) is 4.98 Å². The van der Waals surface area contributed by atoms with Crippen molar-refractivity contribution in [3.8, 4) is 0 Å². The molecule has 1 saturated carbocycles. The van der Waals surface area contributed by atoms with Crippen molar-refractivity contribution >= 4 is 35.0 Å². The first kappa shape index (κ1) is 16.2. The average Bonchev–Trinajstić information content (AvgIpc) is 3.19. The highest BCUT2D eigenvalue weighted by atomic mass is 32.2. The second kappa shape index (κ2) is 6.92. The van der Waals surface area contributed by atoms with Crippen LogP contribution in [-0.2, 0) is 9.59 Å². The second-order valence-electron chi connectivity index (χ2n) is 6.38. The summed E-state index contributed by atoms with van der Waals surface area (Å²) in [5, 5.41) is 3.80. The molecule has 1 aromatic heterocycles. The normalized spacial score (nSPS) is 17.1. The maximum Gasteiger partial charge on any atom is 0.234 e. The molecule has 25 heavy (non-hydrogen) atoms. The van der Waals surface area contributed by atoms with Crippen molar-refractivity contribution in [3.05, 3.63) is 36.7 Å². The van der Waals surface area contributed by atoms with Crippen molar-refractivity contribution in [1.29, 1.82) is 0 Å². The Hall–Kier alpha value is -2.28. The molecular formula is C18H20N4O2S. The Morgan fingerprint density at radius 1 is 1.28 bits per heavy atom. The van der Waals surface area contributed by atoms with Crippen LogP contribution in [-0.4, -0.2) is 33.7 Å². The third-order valence-electron chi connectivity index (χ3n) is 4.44. The number of rotatable bonds is 6. The summed E-state index contributed by atoms with van der Waals surface area (Å²) < 4.78 is 2.15. The fraction of sp³-hybridized carbons (Fsp3) is 0.389. The van der Waals surface area contributed by atoms with E-state index in [2.05, 4.69) is 14.9 Å². The monoisotopic (exact) mass is 356 g/mol. The van der Waals surface area contributed by atoms with Crippen LogP contribution in [0.5, 0.6) is 0 Å². The van der Waals surface area contributed by atoms with Crippen molar-refractivity contribution in [2.24, 2.45) is 0 Å². The van der Waals surface area contributed by atoms with Gasteiger partial charge in [0.2, 0.25) is 11.8 Å². The van der Waals surface area contributed by atoms with Crippen LogP contribution in [0.2, 0.25) is 0 Å². The highest BCUT2D eigenvalue weighted by Crippen LogP contribution is 2.37. The first-order valence-electron chi connectivity index (χ1n) is 8.56. The van der Waals surface area contributed by atoms with Crippen LogP contribution in [0.4, 0.5) is 11.4 Å². The minimum Gasteiger partial charge on any atom is -0.325 e. The zero-order valence-electron chi connectivity index (χ0n) is 13.9. The Kier molecular flexibility index (Phi) is 4.48. The molecule has 1 aromatic carbocycles. The van der Waals surface area contributed by atoms with E-state index < -0.39 is 0 Å². The van der Waals surface area contributed by atoms with Gasteiger partial charge in [0.25, 0.3) is 0 Å². The molecule has 6 nitrogen and oxygen atoms in total. The lowest BCUT2D eigenvalue weighted by Crippen LogP contribution is -2.23. The molecule has 0 unspecified atom stereocenters. The van der Waals surface area contributed by atoms with Crippen LogP contribution < -0.4 is 10.2 Å². The molecule has 4 rings (SSSR count). The van der Waals surface area contributed by atoms with Crippen LogP contribution in [0.1, 0.15) is 31.7 Å². The molecule has 2 heterocycles. The number of hydrogen-bond acceptors (Lipinski definition) is 4. The van der Waals surface area contributed by atoms with E-state index in [1.165, 1.54) is 24.6 Å². The molecule has 1 saturated heterocycles. The highest BCUT2D eigenvalue weighted by Gasteiger charge is 2.25. The maximum atomic E-state index is 12.2. The minimum absolute atomic E-state index is 0.0552. The minimum atomic E-state index is -0.0552. The number of amides is 2. The molecule has 0 radical (unpaired) electrons. The summed E-state index contributed by atoms with van der Waals surface area (Å²) in [5.74, 6) is 0.440. The van der Waals surface area contributed by atoms with Crippen LogP contribution in [0, 0.1) is 0 Å². The molecule has 1 aliphatic carbocycles. The Morgan fingerprint density at radius 2 is 2.08 bits per heavy atom. The van der Waals surface area contributed by atoms with Crippen molar-refractivity contribution in [2.75, 3.05) is 22.5 Å². The van der Waals surface area contributed by atoms with Crippen molar-refractivity contribution in [3.63, 3.8) is 0 Å². The molecule has 1 N–H and O–H groups in total. The van der Waals surface area contributed by atoms with Gasteiger partial charge in [-0.15, -0.1) is 0 Å². The smallest absolute Gasteiger partial charge is 0.234 e. The van der Waals surface area contributed by atoms with Crippen LogP contribution in [0.3, 0.4) is 0 Å². The maximum absolute atomic E-state index is 12.2. The lowest BCUT2D eigenvalue weighted by atomic mass is 10.2. The van der Waals surface area contributed by atoms with E-state index in [1.807, 2.05) is 30.5 Å². The number of carbonyl (C=O) groups excluding carboxylic acids is 2. The van der Waals surface area contributed by atoms with Gasteiger partial charge < -0.3 is 14.8 Å². The molecule has 2 fully saturated rings. The van der Waals surface area contributed by atoms with Crippen LogP contribution in [0.15, 0.2) is 41.8 Å². The van der Waals surface area contributed by atoms with E-state index in [4.69, 9.17) is 0 Å². The van der Waals surface area contributed by atoms with Gasteiger partial charge in [-0.05, 0) is 43.5 Å². The molecule has 130 valence electrons. The van der Waals surface area contributed by atoms with E-state index >= 15 is 0 Å². The number of nitrogens with one attached hydrogen (secondary N) is 1. The second-order valence-corrected chi connectivity index (χ2v) is 7.32. The van der Waals surface area contributed by atoms with Crippen molar-refractivity contribution in [2.45, 2.75) is 36.9 Å². The summed E-state index contributed by atoms with van der Waals surface area (Å²) in [6.45, 7) is 0.773. The Morgan fingerprint density at radius 3 is 2.76 bits per heavy atom. The van der Waals surface area contributed by atoms with E-state index in [0.717, 1.165) is 29.5 Å². The zero-order valence-corrected chi connectivity index (χ0v) is 14.7. The van der Waals surface area contributed by atoms with Crippen molar-refractivity contribution < 1.29 is 9.59 Å². The molecule has 2 amide bonds. The van der Waals surface area contributed by atoms with Gasteiger partial charge >= 0.3 is 0 Å². The molecule has 0 atom stereocenters. The fourth-order valence-corrected chi connectivity index (χ4v) is 3.84. The van der Waals surface area contributed by atoms with E-state index in [9.17, 15) is 9.59 Å². The summed E-state index contributed by atoms with van der Waals surface area (Å²) >= 11 is 1.46. The molecule has 7 heteroatoms. The highest BCUT2D eigenvalue weighted by molar-refractivity contribution is 7.99. The lowest BCUT2D eigenvalue weighted by molar-refractivity contribution is -0.117. The summed E-state index contributed by atoms with van der Waals surface area (Å²) in [5.41, 5.74) is 1.63. The SMILES string of the molecule is O=C(CSc1nccn1C1CC1)Nc1ccc(N2CCCC2=O)cc1. The molecular weight excluding hydrogens is 336 g/mol. The summed E-state index contributed by atoms with van der Waals surface area (Å²) in [6, 6.07) is 8.01. The van der Waals surface area contributed by atoms with Gasteiger partial charge in [0.15, 0.2) is 5.16 Å².